The van der Waals surface area contributed by atoms with Gasteiger partial charge in [-0.15, -0.1) is 12.4 Å². The van der Waals surface area contributed by atoms with E-state index < -0.39 is 0 Å². The monoisotopic (exact) mass is 244 g/mol. The van der Waals surface area contributed by atoms with Gasteiger partial charge in [-0.3, -0.25) is 9.48 Å². The minimum Gasteiger partial charge on any atom is -0.337 e. The Hall–Kier alpha value is -1.07. The first-order valence-electron chi connectivity index (χ1n) is 5.20. The van der Waals surface area contributed by atoms with E-state index in [1.807, 2.05) is 4.90 Å². The third kappa shape index (κ3) is 2.74. The number of likely N-dealkylation sites (tertiary alicyclic amines) is 1. The molecule has 2 N–H and O–H groups in total. The van der Waals surface area contributed by atoms with Crippen molar-refractivity contribution in [1.29, 1.82) is 0 Å². The first-order chi connectivity index (χ1) is 7.16. The summed E-state index contributed by atoms with van der Waals surface area (Å²) < 4.78 is 1.64. The second-order valence-corrected chi connectivity index (χ2v) is 4.06. The Morgan fingerprint density at radius 2 is 2.38 bits per heavy atom. The van der Waals surface area contributed by atoms with Crippen molar-refractivity contribution >= 4 is 18.3 Å². The lowest BCUT2D eigenvalue weighted by atomic mass is 10.1. The molecule has 0 bridgehead atoms. The maximum absolute atomic E-state index is 12.0. The average Bonchev–Trinajstić information content (AvgIpc) is 2.64. The highest BCUT2D eigenvalue weighted by Gasteiger charge is 2.22. The molecule has 1 aromatic heterocycles. The van der Waals surface area contributed by atoms with E-state index in [1.165, 1.54) is 0 Å². The summed E-state index contributed by atoms with van der Waals surface area (Å²) in [5.41, 5.74) is 6.48. The number of aromatic nitrogens is 2. The van der Waals surface area contributed by atoms with E-state index in [0.717, 1.165) is 19.4 Å². The van der Waals surface area contributed by atoms with E-state index in [9.17, 15) is 4.79 Å². The van der Waals surface area contributed by atoms with Gasteiger partial charge in [0, 0.05) is 32.4 Å². The average molecular weight is 245 g/mol. The van der Waals surface area contributed by atoms with Gasteiger partial charge in [-0.25, -0.2) is 0 Å². The first-order valence-corrected chi connectivity index (χ1v) is 5.20. The van der Waals surface area contributed by atoms with E-state index in [1.54, 1.807) is 24.1 Å². The maximum atomic E-state index is 12.0. The van der Waals surface area contributed by atoms with Gasteiger partial charge < -0.3 is 10.6 Å². The van der Waals surface area contributed by atoms with Gasteiger partial charge in [0.25, 0.3) is 5.91 Å². The van der Waals surface area contributed by atoms with Gasteiger partial charge in [0.05, 0.1) is 11.8 Å². The third-order valence-electron chi connectivity index (χ3n) is 2.70. The normalized spacial score (nSPS) is 20.4. The molecular weight excluding hydrogens is 228 g/mol. The van der Waals surface area contributed by atoms with Crippen LogP contribution in [0.5, 0.6) is 0 Å². The SMILES string of the molecule is Cl.Cn1cc(C(=O)N2CCCC(N)C2)cn1. The van der Waals surface area contributed by atoms with Crippen LogP contribution in [0.4, 0.5) is 0 Å². The maximum Gasteiger partial charge on any atom is 0.257 e. The number of nitrogens with zero attached hydrogens (tertiary/aromatic N) is 3. The zero-order chi connectivity index (χ0) is 10.8. The molecule has 2 rings (SSSR count). The molecule has 6 heteroatoms. The second-order valence-electron chi connectivity index (χ2n) is 4.06. The van der Waals surface area contributed by atoms with Crippen molar-refractivity contribution in [2.75, 3.05) is 13.1 Å². The van der Waals surface area contributed by atoms with Crippen molar-refractivity contribution in [2.24, 2.45) is 12.8 Å². The van der Waals surface area contributed by atoms with Crippen LogP contribution in [0.3, 0.4) is 0 Å². The first kappa shape index (κ1) is 13.0. The molecule has 0 aromatic carbocycles. The fourth-order valence-electron chi connectivity index (χ4n) is 1.91. The topological polar surface area (TPSA) is 64.2 Å². The van der Waals surface area contributed by atoms with Gasteiger partial charge >= 0.3 is 0 Å². The van der Waals surface area contributed by atoms with Crippen LogP contribution in [0.25, 0.3) is 0 Å². The molecule has 90 valence electrons. The van der Waals surface area contributed by atoms with Gasteiger partial charge in [0.15, 0.2) is 0 Å². The number of carbonyl (C=O) groups excluding carboxylic acids is 1. The Labute approximate surface area is 101 Å². The Kier molecular flexibility index (Phi) is 4.32. The number of hydrogen-bond acceptors (Lipinski definition) is 3. The van der Waals surface area contributed by atoms with Gasteiger partial charge in [0.2, 0.25) is 0 Å². The van der Waals surface area contributed by atoms with Crippen molar-refractivity contribution in [3.05, 3.63) is 18.0 Å². The Morgan fingerprint density at radius 3 is 2.94 bits per heavy atom. The van der Waals surface area contributed by atoms with E-state index in [2.05, 4.69) is 5.10 Å². The predicted molar refractivity (Wildman–Crippen MR) is 63.6 cm³/mol. The van der Waals surface area contributed by atoms with Crippen LogP contribution >= 0.6 is 12.4 Å². The van der Waals surface area contributed by atoms with Crippen molar-refractivity contribution in [1.82, 2.24) is 14.7 Å². The zero-order valence-corrected chi connectivity index (χ0v) is 10.1. The molecule has 0 radical (unpaired) electrons. The van der Waals surface area contributed by atoms with Crippen LogP contribution in [0.15, 0.2) is 12.4 Å². The van der Waals surface area contributed by atoms with E-state index in [-0.39, 0.29) is 24.4 Å². The molecule has 1 unspecified atom stereocenters. The van der Waals surface area contributed by atoms with Crippen molar-refractivity contribution in [3.63, 3.8) is 0 Å². The number of amides is 1. The Morgan fingerprint density at radius 1 is 1.62 bits per heavy atom. The minimum atomic E-state index is 0. The highest BCUT2D eigenvalue weighted by Crippen LogP contribution is 2.11. The largest absolute Gasteiger partial charge is 0.337 e. The van der Waals surface area contributed by atoms with Crippen molar-refractivity contribution in [2.45, 2.75) is 18.9 Å². The molecule has 1 saturated heterocycles. The molecule has 0 aliphatic carbocycles. The molecule has 16 heavy (non-hydrogen) atoms. The van der Waals surface area contributed by atoms with E-state index >= 15 is 0 Å². The Balaban J connectivity index is 0.00000128. The van der Waals surface area contributed by atoms with Crippen LogP contribution in [-0.2, 0) is 7.05 Å². The summed E-state index contributed by atoms with van der Waals surface area (Å²) in [5, 5.41) is 3.99. The second kappa shape index (κ2) is 5.32. The van der Waals surface area contributed by atoms with Crippen molar-refractivity contribution in [3.8, 4) is 0 Å². The summed E-state index contributed by atoms with van der Waals surface area (Å²) in [6.45, 7) is 1.47. The fraction of sp³-hybridized carbons (Fsp3) is 0.600. The predicted octanol–water partition coefficient (Wildman–Crippen LogP) is 0.405. The summed E-state index contributed by atoms with van der Waals surface area (Å²) in [6, 6.07) is 0.124. The third-order valence-corrected chi connectivity index (χ3v) is 2.70. The van der Waals surface area contributed by atoms with Crippen LogP contribution in [0.2, 0.25) is 0 Å². The van der Waals surface area contributed by atoms with E-state index in [0.29, 0.717) is 12.1 Å². The zero-order valence-electron chi connectivity index (χ0n) is 9.30. The lowest BCUT2D eigenvalue weighted by Crippen LogP contribution is -2.45. The molecular formula is C10H17ClN4O. The lowest BCUT2D eigenvalue weighted by molar-refractivity contribution is 0.0708. The summed E-state index contributed by atoms with van der Waals surface area (Å²) in [6.07, 6.45) is 5.34. The smallest absolute Gasteiger partial charge is 0.257 e. The number of carbonyl (C=O) groups is 1. The lowest BCUT2D eigenvalue weighted by Gasteiger charge is -2.30. The molecule has 1 amide bonds. The van der Waals surface area contributed by atoms with Crippen LogP contribution in [0, 0.1) is 0 Å². The van der Waals surface area contributed by atoms with Gasteiger partial charge in [-0.1, -0.05) is 0 Å². The molecule has 0 spiro atoms. The summed E-state index contributed by atoms with van der Waals surface area (Å²) in [5.74, 6) is 0.0400. The van der Waals surface area contributed by atoms with Crippen LogP contribution < -0.4 is 5.73 Å². The molecule has 1 aromatic rings. The molecule has 5 nitrogen and oxygen atoms in total. The number of aryl methyl sites for hydroxylation is 1. The molecule has 1 aliphatic heterocycles. The van der Waals surface area contributed by atoms with Gasteiger partial charge in [-0.2, -0.15) is 5.10 Å². The highest BCUT2D eigenvalue weighted by molar-refractivity contribution is 5.93. The van der Waals surface area contributed by atoms with E-state index in [4.69, 9.17) is 5.73 Å². The number of piperidine rings is 1. The quantitative estimate of drug-likeness (QED) is 0.778. The van der Waals surface area contributed by atoms with Gasteiger partial charge in [0.1, 0.15) is 0 Å². The highest BCUT2D eigenvalue weighted by atomic mass is 35.5. The molecule has 1 fully saturated rings. The fourth-order valence-corrected chi connectivity index (χ4v) is 1.91. The molecule has 0 saturated carbocycles. The number of hydrogen-bond donors (Lipinski definition) is 1. The Bertz CT molecular complexity index is 365. The number of halogens is 1. The number of rotatable bonds is 1. The molecule has 1 aliphatic rings. The van der Waals surface area contributed by atoms with Crippen molar-refractivity contribution < 1.29 is 4.79 Å². The summed E-state index contributed by atoms with van der Waals surface area (Å²) in [4.78, 5) is 13.8. The minimum absolute atomic E-state index is 0. The summed E-state index contributed by atoms with van der Waals surface area (Å²) in [7, 11) is 1.80. The van der Waals surface area contributed by atoms with Gasteiger partial charge in [-0.05, 0) is 12.8 Å². The molecule has 1 atom stereocenters. The summed E-state index contributed by atoms with van der Waals surface area (Å²) >= 11 is 0. The molecule has 2 heterocycles. The van der Waals surface area contributed by atoms with Crippen LogP contribution in [0.1, 0.15) is 23.2 Å². The number of nitrogens with two attached hydrogens (primary N) is 1. The standard InChI is InChI=1S/C10H16N4O.ClH/c1-13-6-8(5-12-13)10(15)14-4-2-3-9(11)7-14;/h5-6,9H,2-4,7,11H2,1H3;1H. The van der Waals surface area contributed by atoms with Crippen LogP contribution in [-0.4, -0.2) is 39.7 Å².